The summed E-state index contributed by atoms with van der Waals surface area (Å²) in [5, 5.41) is 0. The van der Waals surface area contributed by atoms with Crippen LogP contribution in [0, 0.1) is 12.3 Å². The molecule has 0 unspecified atom stereocenters. The Morgan fingerprint density at radius 3 is 2.26 bits per heavy atom. The van der Waals surface area contributed by atoms with E-state index in [-0.39, 0.29) is 5.78 Å². The minimum Gasteiger partial charge on any atom is -0.396 e. The van der Waals surface area contributed by atoms with Gasteiger partial charge in [0, 0.05) is 16.7 Å². The number of nitrogens with two attached hydrogens (primary N) is 1. The number of aromatic amines is 1. The van der Waals surface area contributed by atoms with E-state index in [1.807, 2.05) is 58.0 Å². The molecule has 0 radical (unpaired) electrons. The summed E-state index contributed by atoms with van der Waals surface area (Å²) in [6.45, 7) is 7.61. The number of H-pyrrole nitrogens is 1. The van der Waals surface area contributed by atoms with Gasteiger partial charge < -0.3 is 10.7 Å². The molecule has 3 heteroatoms. The molecule has 19 heavy (non-hydrogen) atoms. The van der Waals surface area contributed by atoms with Crippen LogP contribution in [0.25, 0.3) is 11.3 Å². The van der Waals surface area contributed by atoms with Crippen LogP contribution in [-0.2, 0) is 0 Å². The maximum atomic E-state index is 12.5. The second kappa shape index (κ2) is 4.57. The summed E-state index contributed by atoms with van der Waals surface area (Å²) in [6, 6.07) is 9.82. The van der Waals surface area contributed by atoms with Gasteiger partial charge in [-0.25, -0.2) is 0 Å². The summed E-state index contributed by atoms with van der Waals surface area (Å²) in [4.78, 5) is 15.7. The highest BCUT2D eigenvalue weighted by Crippen LogP contribution is 2.34. The van der Waals surface area contributed by atoms with Crippen molar-refractivity contribution in [3.8, 4) is 11.3 Å². The molecule has 2 aromatic rings. The standard InChI is InChI=1S/C16H20N2O/c1-10-12(15(19)16(2,3)4)13(17)14(18-10)11-8-6-5-7-9-11/h5-9,18H,17H2,1-4H3. The number of aryl methyl sites for hydroxylation is 1. The van der Waals surface area contributed by atoms with E-state index in [9.17, 15) is 4.79 Å². The number of benzene rings is 1. The van der Waals surface area contributed by atoms with Crippen molar-refractivity contribution in [1.29, 1.82) is 0 Å². The lowest BCUT2D eigenvalue weighted by Gasteiger charge is -2.17. The number of hydrogen-bond donors (Lipinski definition) is 2. The van der Waals surface area contributed by atoms with E-state index >= 15 is 0 Å². The van der Waals surface area contributed by atoms with Crippen LogP contribution in [0.2, 0.25) is 0 Å². The zero-order chi connectivity index (χ0) is 14.2. The average molecular weight is 256 g/mol. The molecule has 1 heterocycles. The predicted octanol–water partition coefficient (Wildman–Crippen LogP) is 3.80. The van der Waals surface area contributed by atoms with Crippen molar-refractivity contribution in [3.05, 3.63) is 41.6 Å². The monoisotopic (exact) mass is 256 g/mol. The van der Waals surface area contributed by atoms with E-state index in [0.29, 0.717) is 11.3 Å². The second-order valence-corrected chi connectivity index (χ2v) is 5.86. The van der Waals surface area contributed by atoms with Crippen LogP contribution in [0.1, 0.15) is 36.8 Å². The smallest absolute Gasteiger partial charge is 0.172 e. The third kappa shape index (κ3) is 2.41. The molecule has 0 fully saturated rings. The lowest BCUT2D eigenvalue weighted by Crippen LogP contribution is -2.21. The van der Waals surface area contributed by atoms with Gasteiger partial charge in [-0.2, -0.15) is 0 Å². The maximum Gasteiger partial charge on any atom is 0.172 e. The molecule has 0 amide bonds. The van der Waals surface area contributed by atoms with Crippen molar-refractivity contribution in [2.45, 2.75) is 27.7 Å². The molecule has 3 N–H and O–H groups in total. The van der Waals surface area contributed by atoms with Crippen LogP contribution in [-0.4, -0.2) is 10.8 Å². The molecule has 0 aliphatic rings. The normalized spacial score (nSPS) is 11.6. The third-order valence-corrected chi connectivity index (χ3v) is 3.20. The fourth-order valence-corrected chi connectivity index (χ4v) is 2.14. The van der Waals surface area contributed by atoms with Gasteiger partial charge in [0.25, 0.3) is 0 Å². The number of hydrogen-bond acceptors (Lipinski definition) is 2. The summed E-state index contributed by atoms with van der Waals surface area (Å²) in [5.41, 5.74) is 9.56. The Labute approximate surface area is 113 Å². The van der Waals surface area contributed by atoms with Crippen LogP contribution < -0.4 is 5.73 Å². The van der Waals surface area contributed by atoms with E-state index < -0.39 is 5.41 Å². The van der Waals surface area contributed by atoms with Gasteiger partial charge in [0.15, 0.2) is 5.78 Å². The number of carbonyl (C=O) groups excluding carboxylic acids is 1. The van der Waals surface area contributed by atoms with Gasteiger partial charge >= 0.3 is 0 Å². The fraction of sp³-hybridized carbons (Fsp3) is 0.312. The van der Waals surface area contributed by atoms with Crippen LogP contribution in [0.5, 0.6) is 0 Å². The number of carbonyl (C=O) groups is 1. The molecular weight excluding hydrogens is 236 g/mol. The molecule has 0 bridgehead atoms. The van der Waals surface area contributed by atoms with Gasteiger partial charge in [-0.15, -0.1) is 0 Å². The molecule has 0 saturated carbocycles. The third-order valence-electron chi connectivity index (χ3n) is 3.20. The molecule has 0 aliphatic carbocycles. The summed E-state index contributed by atoms with van der Waals surface area (Å²) < 4.78 is 0. The summed E-state index contributed by atoms with van der Waals surface area (Å²) in [5.74, 6) is 0.0703. The number of anilines is 1. The number of rotatable bonds is 2. The Kier molecular flexibility index (Phi) is 3.23. The van der Waals surface area contributed by atoms with Gasteiger partial charge in [-0.3, -0.25) is 4.79 Å². The van der Waals surface area contributed by atoms with Gasteiger partial charge in [0.2, 0.25) is 0 Å². The first-order valence-corrected chi connectivity index (χ1v) is 6.40. The molecule has 3 nitrogen and oxygen atoms in total. The Bertz CT molecular complexity index is 604. The Balaban J connectivity index is 2.56. The molecule has 1 aromatic heterocycles. The molecule has 2 rings (SSSR count). The first-order valence-electron chi connectivity index (χ1n) is 6.40. The van der Waals surface area contributed by atoms with E-state index in [0.717, 1.165) is 17.0 Å². The van der Waals surface area contributed by atoms with Gasteiger partial charge in [-0.1, -0.05) is 51.1 Å². The molecule has 0 atom stereocenters. The molecule has 0 saturated heterocycles. The van der Waals surface area contributed by atoms with Crippen molar-refractivity contribution in [3.63, 3.8) is 0 Å². The minimum atomic E-state index is -0.435. The molecule has 0 aliphatic heterocycles. The van der Waals surface area contributed by atoms with Crippen LogP contribution >= 0.6 is 0 Å². The Hall–Kier alpha value is -2.03. The SMILES string of the molecule is Cc1[nH]c(-c2ccccc2)c(N)c1C(=O)C(C)(C)C. The van der Waals surface area contributed by atoms with E-state index in [2.05, 4.69) is 4.98 Å². The largest absolute Gasteiger partial charge is 0.396 e. The number of ketones is 1. The topological polar surface area (TPSA) is 58.9 Å². The average Bonchev–Trinajstić information content (AvgIpc) is 2.64. The lowest BCUT2D eigenvalue weighted by molar-refractivity contribution is 0.0859. The predicted molar refractivity (Wildman–Crippen MR) is 79.2 cm³/mol. The minimum absolute atomic E-state index is 0.0703. The number of aromatic nitrogens is 1. The van der Waals surface area contributed by atoms with E-state index in [1.165, 1.54) is 0 Å². The number of nitrogens with one attached hydrogen (secondary N) is 1. The van der Waals surface area contributed by atoms with E-state index in [4.69, 9.17) is 5.73 Å². The van der Waals surface area contributed by atoms with Crippen molar-refractivity contribution >= 4 is 11.5 Å². The van der Waals surface area contributed by atoms with E-state index in [1.54, 1.807) is 0 Å². The zero-order valence-corrected chi connectivity index (χ0v) is 11.9. The fourth-order valence-electron chi connectivity index (χ4n) is 2.14. The zero-order valence-electron chi connectivity index (χ0n) is 11.9. The number of Topliss-reactive ketones (excluding diaryl/α,β-unsaturated/α-hetero) is 1. The van der Waals surface area contributed by atoms with Gasteiger partial charge in [0.1, 0.15) is 0 Å². The van der Waals surface area contributed by atoms with Crippen LogP contribution in [0.4, 0.5) is 5.69 Å². The highest BCUT2D eigenvalue weighted by atomic mass is 16.1. The summed E-state index contributed by atoms with van der Waals surface area (Å²) in [6.07, 6.45) is 0. The molecule has 0 spiro atoms. The quantitative estimate of drug-likeness (QED) is 0.803. The Morgan fingerprint density at radius 1 is 1.16 bits per heavy atom. The molecule has 1 aromatic carbocycles. The first kappa shape index (κ1) is 13.4. The van der Waals surface area contributed by atoms with Gasteiger partial charge in [0.05, 0.1) is 16.9 Å². The van der Waals surface area contributed by atoms with Crippen molar-refractivity contribution in [2.24, 2.45) is 5.41 Å². The van der Waals surface area contributed by atoms with Crippen molar-refractivity contribution in [2.75, 3.05) is 5.73 Å². The molecular formula is C16H20N2O. The second-order valence-electron chi connectivity index (χ2n) is 5.86. The van der Waals surface area contributed by atoms with Crippen LogP contribution in [0.3, 0.4) is 0 Å². The summed E-state index contributed by atoms with van der Waals surface area (Å²) in [7, 11) is 0. The van der Waals surface area contributed by atoms with Gasteiger partial charge in [-0.05, 0) is 6.92 Å². The summed E-state index contributed by atoms with van der Waals surface area (Å²) >= 11 is 0. The highest BCUT2D eigenvalue weighted by molar-refractivity contribution is 6.07. The first-order chi connectivity index (χ1) is 8.82. The molecule has 100 valence electrons. The van der Waals surface area contributed by atoms with Crippen molar-refractivity contribution < 1.29 is 4.79 Å². The van der Waals surface area contributed by atoms with Crippen molar-refractivity contribution in [1.82, 2.24) is 4.98 Å². The lowest BCUT2D eigenvalue weighted by atomic mass is 9.86. The number of nitrogen functional groups attached to an aromatic ring is 1. The maximum absolute atomic E-state index is 12.5. The van der Waals surface area contributed by atoms with Crippen LogP contribution in [0.15, 0.2) is 30.3 Å². The Morgan fingerprint density at radius 2 is 1.74 bits per heavy atom. The highest BCUT2D eigenvalue weighted by Gasteiger charge is 2.28.